The van der Waals surface area contributed by atoms with Gasteiger partial charge in [0, 0.05) is 11.8 Å². The number of rotatable bonds is 2. The second-order valence-electron chi connectivity index (χ2n) is 4.06. The SMILES string of the molecule is CCC(=O)C1CCC2(CC2)C1=O. The lowest BCUT2D eigenvalue weighted by Gasteiger charge is -2.05. The number of Topliss-reactive ketones (excluding diaryl/α,β-unsaturated/α-hetero) is 2. The zero-order valence-corrected chi connectivity index (χ0v) is 7.43. The van der Waals surface area contributed by atoms with Crippen LogP contribution in [0.4, 0.5) is 0 Å². The van der Waals surface area contributed by atoms with Crippen LogP contribution in [0.2, 0.25) is 0 Å². The normalized spacial score (nSPS) is 31.1. The third-order valence-corrected chi connectivity index (χ3v) is 3.34. The van der Waals surface area contributed by atoms with E-state index < -0.39 is 0 Å². The van der Waals surface area contributed by atoms with E-state index in [-0.39, 0.29) is 22.9 Å². The van der Waals surface area contributed by atoms with Gasteiger partial charge >= 0.3 is 0 Å². The van der Waals surface area contributed by atoms with Crippen LogP contribution in [-0.4, -0.2) is 11.6 Å². The van der Waals surface area contributed by atoms with Crippen molar-refractivity contribution < 1.29 is 9.59 Å². The molecule has 2 heteroatoms. The van der Waals surface area contributed by atoms with Crippen molar-refractivity contribution in [2.45, 2.75) is 39.0 Å². The maximum absolute atomic E-state index is 11.7. The Morgan fingerprint density at radius 1 is 1.50 bits per heavy atom. The molecule has 1 spiro atoms. The molecule has 2 fully saturated rings. The molecule has 0 aromatic heterocycles. The van der Waals surface area contributed by atoms with E-state index in [9.17, 15) is 9.59 Å². The third kappa shape index (κ3) is 0.936. The van der Waals surface area contributed by atoms with Gasteiger partial charge < -0.3 is 0 Å². The lowest BCUT2D eigenvalue weighted by Crippen LogP contribution is -2.22. The highest BCUT2D eigenvalue weighted by atomic mass is 16.2. The van der Waals surface area contributed by atoms with E-state index in [0.717, 1.165) is 25.7 Å². The summed E-state index contributed by atoms with van der Waals surface area (Å²) in [6.07, 6.45) is 4.40. The molecule has 0 amide bonds. The summed E-state index contributed by atoms with van der Waals surface area (Å²) in [5.41, 5.74) is -0.00447. The maximum atomic E-state index is 11.7. The van der Waals surface area contributed by atoms with E-state index in [4.69, 9.17) is 0 Å². The van der Waals surface area contributed by atoms with Gasteiger partial charge in [-0.1, -0.05) is 6.92 Å². The summed E-state index contributed by atoms with van der Waals surface area (Å²) in [7, 11) is 0. The molecule has 0 heterocycles. The predicted octanol–water partition coefficient (Wildman–Crippen LogP) is 1.72. The Balaban J connectivity index is 2.11. The minimum atomic E-state index is -0.225. The Hall–Kier alpha value is -0.660. The summed E-state index contributed by atoms with van der Waals surface area (Å²) in [4.78, 5) is 23.0. The molecular weight excluding hydrogens is 152 g/mol. The second kappa shape index (κ2) is 2.41. The molecule has 1 atom stereocenters. The minimum Gasteiger partial charge on any atom is -0.299 e. The molecule has 2 saturated carbocycles. The van der Waals surface area contributed by atoms with E-state index in [1.54, 1.807) is 0 Å². The van der Waals surface area contributed by atoms with Gasteiger partial charge in [0.25, 0.3) is 0 Å². The van der Waals surface area contributed by atoms with Crippen LogP contribution in [0.15, 0.2) is 0 Å². The Morgan fingerprint density at radius 3 is 2.58 bits per heavy atom. The van der Waals surface area contributed by atoms with Crippen molar-refractivity contribution in [1.82, 2.24) is 0 Å². The van der Waals surface area contributed by atoms with Gasteiger partial charge in [0.2, 0.25) is 0 Å². The molecule has 0 aromatic carbocycles. The van der Waals surface area contributed by atoms with Gasteiger partial charge in [-0.3, -0.25) is 9.59 Å². The molecule has 0 radical (unpaired) electrons. The van der Waals surface area contributed by atoms with Crippen molar-refractivity contribution in [2.24, 2.45) is 11.3 Å². The molecule has 1 unspecified atom stereocenters. The molecule has 12 heavy (non-hydrogen) atoms. The van der Waals surface area contributed by atoms with Gasteiger partial charge in [0.15, 0.2) is 0 Å². The van der Waals surface area contributed by atoms with Crippen LogP contribution in [0, 0.1) is 11.3 Å². The standard InChI is InChI=1S/C10H14O2/c1-2-8(11)7-3-4-10(5-6-10)9(7)12/h7H,2-6H2,1H3. The number of ketones is 2. The number of hydrogen-bond donors (Lipinski definition) is 0. The summed E-state index contributed by atoms with van der Waals surface area (Å²) in [6, 6.07) is 0. The highest BCUT2D eigenvalue weighted by Gasteiger charge is 2.56. The smallest absolute Gasteiger partial charge is 0.149 e. The lowest BCUT2D eigenvalue weighted by atomic mass is 9.96. The van der Waals surface area contributed by atoms with Crippen LogP contribution >= 0.6 is 0 Å². The van der Waals surface area contributed by atoms with Crippen molar-refractivity contribution in [1.29, 1.82) is 0 Å². The van der Waals surface area contributed by atoms with Crippen molar-refractivity contribution in [2.75, 3.05) is 0 Å². The first-order valence-electron chi connectivity index (χ1n) is 4.77. The Bertz CT molecular complexity index is 238. The van der Waals surface area contributed by atoms with Gasteiger partial charge in [-0.2, -0.15) is 0 Å². The predicted molar refractivity (Wildman–Crippen MR) is 44.7 cm³/mol. The van der Waals surface area contributed by atoms with Crippen molar-refractivity contribution in [3.63, 3.8) is 0 Å². The summed E-state index contributed by atoms with van der Waals surface area (Å²) >= 11 is 0. The molecule has 66 valence electrons. The van der Waals surface area contributed by atoms with Gasteiger partial charge in [0.1, 0.15) is 11.6 Å². The summed E-state index contributed by atoms with van der Waals surface area (Å²) in [5.74, 6) is 0.190. The Labute approximate surface area is 72.3 Å². The van der Waals surface area contributed by atoms with Crippen LogP contribution < -0.4 is 0 Å². The molecule has 2 rings (SSSR count). The van der Waals surface area contributed by atoms with E-state index in [2.05, 4.69) is 0 Å². The Kier molecular flexibility index (Phi) is 1.60. The summed E-state index contributed by atoms with van der Waals surface area (Å²) in [5, 5.41) is 0. The highest BCUT2D eigenvalue weighted by molar-refractivity contribution is 6.07. The average Bonchev–Trinajstić information content (AvgIpc) is 2.78. The fourth-order valence-corrected chi connectivity index (χ4v) is 2.25. The monoisotopic (exact) mass is 166 g/mol. The van der Waals surface area contributed by atoms with Gasteiger partial charge in [-0.15, -0.1) is 0 Å². The first kappa shape index (κ1) is 7.96. The van der Waals surface area contributed by atoms with E-state index in [1.165, 1.54) is 0 Å². The number of hydrogen-bond acceptors (Lipinski definition) is 2. The summed E-state index contributed by atoms with van der Waals surface area (Å²) in [6.45, 7) is 1.84. The molecular formula is C10H14O2. The van der Waals surface area contributed by atoms with Crippen molar-refractivity contribution in [3.05, 3.63) is 0 Å². The quantitative estimate of drug-likeness (QED) is 0.585. The first-order chi connectivity index (χ1) is 5.69. The molecule has 0 saturated heterocycles. The van der Waals surface area contributed by atoms with Crippen LogP contribution in [0.5, 0.6) is 0 Å². The fourth-order valence-electron chi connectivity index (χ4n) is 2.25. The van der Waals surface area contributed by atoms with Crippen LogP contribution in [0.25, 0.3) is 0 Å². The fraction of sp³-hybridized carbons (Fsp3) is 0.800. The Morgan fingerprint density at radius 2 is 2.17 bits per heavy atom. The summed E-state index contributed by atoms with van der Waals surface area (Å²) < 4.78 is 0. The zero-order valence-electron chi connectivity index (χ0n) is 7.43. The average molecular weight is 166 g/mol. The second-order valence-corrected chi connectivity index (χ2v) is 4.06. The van der Waals surface area contributed by atoms with Crippen LogP contribution in [0.1, 0.15) is 39.0 Å². The van der Waals surface area contributed by atoms with Crippen LogP contribution in [0.3, 0.4) is 0 Å². The van der Waals surface area contributed by atoms with E-state index in [0.29, 0.717) is 6.42 Å². The van der Waals surface area contributed by atoms with E-state index >= 15 is 0 Å². The highest BCUT2D eigenvalue weighted by Crippen LogP contribution is 2.57. The number of carbonyl (C=O) groups is 2. The van der Waals surface area contributed by atoms with E-state index in [1.807, 2.05) is 6.92 Å². The largest absolute Gasteiger partial charge is 0.299 e. The molecule has 2 nitrogen and oxygen atoms in total. The molecule has 2 aliphatic rings. The lowest BCUT2D eigenvalue weighted by molar-refractivity contribution is -0.132. The number of carbonyl (C=O) groups excluding carboxylic acids is 2. The molecule has 0 aliphatic heterocycles. The third-order valence-electron chi connectivity index (χ3n) is 3.34. The minimum absolute atomic E-state index is 0.00447. The first-order valence-corrected chi connectivity index (χ1v) is 4.77. The molecule has 0 N–H and O–H groups in total. The topological polar surface area (TPSA) is 34.1 Å². The van der Waals surface area contributed by atoms with Crippen molar-refractivity contribution in [3.8, 4) is 0 Å². The molecule has 0 aromatic rings. The van der Waals surface area contributed by atoms with Crippen LogP contribution in [-0.2, 0) is 9.59 Å². The van der Waals surface area contributed by atoms with Gasteiger partial charge in [-0.25, -0.2) is 0 Å². The van der Waals surface area contributed by atoms with Gasteiger partial charge in [0.05, 0.1) is 5.92 Å². The molecule has 2 aliphatic carbocycles. The van der Waals surface area contributed by atoms with Gasteiger partial charge in [-0.05, 0) is 25.7 Å². The maximum Gasteiger partial charge on any atom is 0.149 e. The molecule has 0 bridgehead atoms. The zero-order chi connectivity index (χ0) is 8.77. The van der Waals surface area contributed by atoms with Crippen molar-refractivity contribution >= 4 is 11.6 Å².